The molecule has 0 spiro atoms. The molecule has 4 rings (SSSR count). The Bertz CT molecular complexity index is 894. The molecule has 1 unspecified atom stereocenters. The van der Waals surface area contributed by atoms with E-state index < -0.39 is 6.04 Å². The van der Waals surface area contributed by atoms with Gasteiger partial charge in [0, 0.05) is 17.7 Å². The first-order valence-corrected chi connectivity index (χ1v) is 8.00. The van der Waals surface area contributed by atoms with Crippen molar-refractivity contribution >= 4 is 28.5 Å². The number of anilines is 2. The van der Waals surface area contributed by atoms with E-state index >= 15 is 0 Å². The predicted molar refractivity (Wildman–Crippen MR) is 88.9 cm³/mol. The van der Waals surface area contributed by atoms with E-state index in [2.05, 4.69) is 20.8 Å². The third-order valence-corrected chi connectivity index (χ3v) is 3.99. The molecule has 2 aromatic heterocycles. The van der Waals surface area contributed by atoms with Crippen LogP contribution in [0.4, 0.5) is 11.5 Å². The zero-order chi connectivity index (χ0) is 16.7. The number of hydrogen-bond acceptors (Lipinski definition) is 6. The maximum absolute atomic E-state index is 12.2. The van der Waals surface area contributed by atoms with Crippen molar-refractivity contribution in [3.63, 3.8) is 0 Å². The van der Waals surface area contributed by atoms with Crippen LogP contribution in [0.5, 0.6) is 0 Å². The zero-order valence-electron chi connectivity index (χ0n) is 13.5. The smallest absolute Gasteiger partial charge is 0.247 e. The first kappa shape index (κ1) is 14.7. The van der Waals surface area contributed by atoms with Gasteiger partial charge in [0.25, 0.3) is 0 Å². The van der Waals surface area contributed by atoms with Crippen LogP contribution in [0, 0.1) is 6.92 Å². The summed E-state index contributed by atoms with van der Waals surface area (Å²) in [6.07, 6.45) is 2.30. The van der Waals surface area contributed by atoms with E-state index in [9.17, 15) is 4.79 Å². The summed E-state index contributed by atoms with van der Waals surface area (Å²) in [6.45, 7) is 3.55. The van der Waals surface area contributed by atoms with E-state index in [0.717, 1.165) is 35.5 Å². The lowest BCUT2D eigenvalue weighted by Crippen LogP contribution is -2.31. The molecule has 1 amide bonds. The first-order chi connectivity index (χ1) is 11.6. The van der Waals surface area contributed by atoms with E-state index in [1.807, 2.05) is 18.2 Å². The predicted octanol–water partition coefficient (Wildman–Crippen LogP) is 3.44. The fraction of sp³-hybridized carbons (Fsp3) is 0.353. The van der Waals surface area contributed by atoms with Crippen LogP contribution in [0.25, 0.3) is 11.1 Å². The average Bonchev–Trinajstić information content (AvgIpc) is 3.20. The zero-order valence-corrected chi connectivity index (χ0v) is 13.5. The van der Waals surface area contributed by atoms with Gasteiger partial charge >= 0.3 is 0 Å². The van der Waals surface area contributed by atoms with Crippen LogP contribution in [0.2, 0.25) is 0 Å². The molecule has 1 saturated carbocycles. The molecule has 1 aromatic carbocycles. The molecule has 2 N–H and O–H groups in total. The van der Waals surface area contributed by atoms with Crippen LogP contribution in [0.3, 0.4) is 0 Å². The summed E-state index contributed by atoms with van der Waals surface area (Å²) in [5.74, 6) is 2.15. The number of carbonyl (C=O) groups excluding carboxylic acids is 1. The number of oxazole rings is 1. The highest BCUT2D eigenvalue weighted by Crippen LogP contribution is 2.40. The van der Waals surface area contributed by atoms with Crippen LogP contribution in [-0.2, 0) is 4.79 Å². The summed E-state index contributed by atoms with van der Waals surface area (Å²) < 4.78 is 10.7. The van der Waals surface area contributed by atoms with Gasteiger partial charge in [0.15, 0.2) is 17.3 Å². The number of nitrogens with one attached hydrogen (secondary N) is 2. The number of amides is 1. The van der Waals surface area contributed by atoms with Gasteiger partial charge in [-0.3, -0.25) is 4.79 Å². The highest BCUT2D eigenvalue weighted by molar-refractivity contribution is 5.95. The van der Waals surface area contributed by atoms with Crippen molar-refractivity contribution in [2.45, 2.75) is 38.6 Å². The Balaban J connectivity index is 1.45. The van der Waals surface area contributed by atoms with Crippen LogP contribution in [-0.4, -0.2) is 22.1 Å². The van der Waals surface area contributed by atoms with E-state index in [0.29, 0.717) is 17.5 Å². The van der Waals surface area contributed by atoms with Gasteiger partial charge in [-0.15, -0.1) is 0 Å². The SMILES string of the molecule is Cc1cc(NC(=O)C(C)Nc2ccc3oc(C4CC4)nc3c2)no1. The van der Waals surface area contributed by atoms with E-state index in [1.165, 1.54) is 0 Å². The molecule has 7 heteroatoms. The van der Waals surface area contributed by atoms with Gasteiger partial charge in [0.1, 0.15) is 17.3 Å². The summed E-state index contributed by atoms with van der Waals surface area (Å²) in [7, 11) is 0. The summed E-state index contributed by atoms with van der Waals surface area (Å²) in [4.78, 5) is 16.7. The summed E-state index contributed by atoms with van der Waals surface area (Å²) in [6, 6.07) is 6.89. The summed E-state index contributed by atoms with van der Waals surface area (Å²) in [5, 5.41) is 9.62. The molecule has 0 saturated heterocycles. The summed E-state index contributed by atoms with van der Waals surface area (Å²) in [5.41, 5.74) is 2.40. The molecule has 1 aliphatic carbocycles. The van der Waals surface area contributed by atoms with Gasteiger partial charge in [-0.2, -0.15) is 0 Å². The lowest BCUT2D eigenvalue weighted by Gasteiger charge is -2.13. The number of hydrogen-bond donors (Lipinski definition) is 2. The third kappa shape index (κ3) is 2.97. The van der Waals surface area contributed by atoms with Crippen LogP contribution in [0.15, 0.2) is 33.2 Å². The molecular weight excluding hydrogens is 308 g/mol. The van der Waals surface area contributed by atoms with Gasteiger partial charge < -0.3 is 19.6 Å². The van der Waals surface area contributed by atoms with Gasteiger partial charge in [-0.25, -0.2) is 4.98 Å². The third-order valence-electron chi connectivity index (χ3n) is 3.99. The van der Waals surface area contributed by atoms with E-state index in [-0.39, 0.29) is 5.91 Å². The normalized spacial score (nSPS) is 15.4. The van der Waals surface area contributed by atoms with Gasteiger partial charge in [-0.1, -0.05) is 5.16 Å². The van der Waals surface area contributed by atoms with Crippen molar-refractivity contribution in [1.29, 1.82) is 0 Å². The number of aryl methyl sites for hydroxylation is 1. The minimum absolute atomic E-state index is 0.192. The number of nitrogens with zero attached hydrogens (tertiary/aromatic N) is 2. The maximum atomic E-state index is 12.2. The molecule has 2 heterocycles. The lowest BCUT2D eigenvalue weighted by molar-refractivity contribution is -0.116. The minimum atomic E-state index is -0.436. The van der Waals surface area contributed by atoms with E-state index in [1.54, 1.807) is 19.9 Å². The van der Waals surface area contributed by atoms with Crippen LogP contribution < -0.4 is 10.6 Å². The molecule has 124 valence electrons. The minimum Gasteiger partial charge on any atom is -0.440 e. The Morgan fingerprint density at radius 3 is 2.88 bits per heavy atom. The van der Waals surface area contributed by atoms with Gasteiger partial charge in [0.05, 0.1) is 0 Å². The number of aromatic nitrogens is 2. The highest BCUT2D eigenvalue weighted by Gasteiger charge is 2.28. The Labute approximate surface area is 138 Å². The molecule has 24 heavy (non-hydrogen) atoms. The molecule has 0 aliphatic heterocycles. The van der Waals surface area contributed by atoms with Gasteiger partial charge in [-0.05, 0) is 44.9 Å². The van der Waals surface area contributed by atoms with Crippen molar-refractivity contribution in [2.24, 2.45) is 0 Å². The second kappa shape index (κ2) is 5.67. The van der Waals surface area contributed by atoms with Gasteiger partial charge in [0.2, 0.25) is 5.91 Å². The lowest BCUT2D eigenvalue weighted by atomic mass is 10.2. The Kier molecular flexibility index (Phi) is 3.48. The highest BCUT2D eigenvalue weighted by atomic mass is 16.5. The number of benzene rings is 1. The second-order valence-corrected chi connectivity index (χ2v) is 6.19. The van der Waals surface area contributed by atoms with Crippen molar-refractivity contribution in [3.05, 3.63) is 35.9 Å². The Morgan fingerprint density at radius 1 is 1.33 bits per heavy atom. The monoisotopic (exact) mass is 326 g/mol. The molecule has 1 fully saturated rings. The number of carbonyl (C=O) groups is 1. The van der Waals surface area contributed by atoms with Crippen LogP contribution >= 0.6 is 0 Å². The Morgan fingerprint density at radius 2 is 2.17 bits per heavy atom. The molecule has 7 nitrogen and oxygen atoms in total. The standard InChI is InChI=1S/C17H18N4O3/c1-9-7-15(21-24-9)20-16(22)10(2)18-12-5-6-14-13(8-12)19-17(23-14)11-3-4-11/h5-8,10-11,18H,3-4H2,1-2H3,(H,20,21,22). The molecule has 0 radical (unpaired) electrons. The summed E-state index contributed by atoms with van der Waals surface area (Å²) >= 11 is 0. The largest absolute Gasteiger partial charge is 0.440 e. The maximum Gasteiger partial charge on any atom is 0.247 e. The topological polar surface area (TPSA) is 93.2 Å². The number of fused-ring (bicyclic) bond motifs is 1. The van der Waals surface area contributed by atoms with Crippen molar-refractivity contribution in [1.82, 2.24) is 10.1 Å². The fourth-order valence-electron chi connectivity index (χ4n) is 2.52. The fourth-order valence-corrected chi connectivity index (χ4v) is 2.52. The second-order valence-electron chi connectivity index (χ2n) is 6.19. The molecular formula is C17H18N4O3. The molecule has 1 atom stereocenters. The number of rotatable bonds is 5. The average molecular weight is 326 g/mol. The molecule has 1 aliphatic rings. The molecule has 0 bridgehead atoms. The van der Waals surface area contributed by atoms with Crippen molar-refractivity contribution in [2.75, 3.05) is 10.6 Å². The first-order valence-electron chi connectivity index (χ1n) is 8.00. The molecule has 3 aromatic rings. The van der Waals surface area contributed by atoms with Crippen molar-refractivity contribution in [3.8, 4) is 0 Å². The van der Waals surface area contributed by atoms with Crippen LogP contribution in [0.1, 0.15) is 37.3 Å². The Hall–Kier alpha value is -2.83. The van der Waals surface area contributed by atoms with Crippen molar-refractivity contribution < 1.29 is 13.7 Å². The van der Waals surface area contributed by atoms with E-state index in [4.69, 9.17) is 8.94 Å². The quantitative estimate of drug-likeness (QED) is 0.746.